The number of hydrogen-bond acceptors (Lipinski definition) is 2. The van der Waals surface area contributed by atoms with Crippen molar-refractivity contribution >= 4 is 35.0 Å². The summed E-state index contributed by atoms with van der Waals surface area (Å²) in [5, 5.41) is 4.86. The Kier molecular flexibility index (Phi) is 6.59. The van der Waals surface area contributed by atoms with Crippen LogP contribution in [0.4, 0.5) is 0 Å². The van der Waals surface area contributed by atoms with Crippen molar-refractivity contribution in [2.45, 2.75) is 19.9 Å². The van der Waals surface area contributed by atoms with Crippen molar-refractivity contribution < 1.29 is 0 Å². The van der Waals surface area contributed by atoms with Crippen LogP contribution in [-0.2, 0) is 0 Å². The normalized spacial score (nSPS) is 12.8. The van der Waals surface area contributed by atoms with Crippen LogP contribution in [0.2, 0.25) is 10.0 Å². The molecule has 0 bridgehead atoms. The average molecular weight is 278 g/mol. The first-order valence-corrected chi connectivity index (χ1v) is 7.32. The van der Waals surface area contributed by atoms with Crippen LogP contribution in [0.15, 0.2) is 18.2 Å². The van der Waals surface area contributed by atoms with Crippen molar-refractivity contribution in [1.82, 2.24) is 5.32 Å². The SMILES string of the molecule is CCSCCNC(C)c1ccc(Cl)cc1Cl. The second kappa shape index (κ2) is 7.44. The van der Waals surface area contributed by atoms with E-state index in [4.69, 9.17) is 23.2 Å². The second-order valence-electron chi connectivity index (χ2n) is 3.54. The smallest absolute Gasteiger partial charge is 0.0468 e. The first-order valence-electron chi connectivity index (χ1n) is 5.41. The van der Waals surface area contributed by atoms with Gasteiger partial charge in [0.25, 0.3) is 0 Å². The van der Waals surface area contributed by atoms with Crippen LogP contribution in [0.25, 0.3) is 0 Å². The highest BCUT2D eigenvalue weighted by atomic mass is 35.5. The molecule has 0 heterocycles. The van der Waals surface area contributed by atoms with Gasteiger partial charge < -0.3 is 5.32 Å². The molecule has 1 atom stereocenters. The molecule has 0 saturated heterocycles. The topological polar surface area (TPSA) is 12.0 Å². The fourth-order valence-electron chi connectivity index (χ4n) is 1.45. The van der Waals surface area contributed by atoms with E-state index in [1.54, 1.807) is 6.07 Å². The zero-order valence-electron chi connectivity index (χ0n) is 9.59. The van der Waals surface area contributed by atoms with Crippen LogP contribution in [0, 0.1) is 0 Å². The molecule has 1 nitrogen and oxygen atoms in total. The minimum absolute atomic E-state index is 0.266. The fraction of sp³-hybridized carbons (Fsp3) is 0.500. The maximum absolute atomic E-state index is 6.13. The molecule has 0 fully saturated rings. The average Bonchev–Trinajstić information content (AvgIpc) is 2.24. The summed E-state index contributed by atoms with van der Waals surface area (Å²) in [5.74, 6) is 2.30. The third-order valence-electron chi connectivity index (χ3n) is 2.33. The highest BCUT2D eigenvalue weighted by molar-refractivity contribution is 7.99. The lowest BCUT2D eigenvalue weighted by Gasteiger charge is -2.15. The molecule has 1 unspecified atom stereocenters. The molecule has 0 amide bonds. The minimum Gasteiger partial charge on any atom is -0.309 e. The summed E-state index contributed by atoms with van der Waals surface area (Å²) >= 11 is 13.9. The first kappa shape index (κ1) is 14.2. The lowest BCUT2D eigenvalue weighted by Crippen LogP contribution is -2.21. The number of benzene rings is 1. The van der Waals surface area contributed by atoms with Gasteiger partial charge in [-0.3, -0.25) is 0 Å². The van der Waals surface area contributed by atoms with E-state index in [9.17, 15) is 0 Å². The van der Waals surface area contributed by atoms with Gasteiger partial charge in [0.2, 0.25) is 0 Å². The minimum atomic E-state index is 0.266. The molecule has 4 heteroatoms. The third kappa shape index (κ3) is 4.54. The molecule has 0 radical (unpaired) electrons. The molecule has 1 aromatic rings. The van der Waals surface area contributed by atoms with Crippen molar-refractivity contribution in [3.8, 4) is 0 Å². The van der Waals surface area contributed by atoms with E-state index in [1.807, 2.05) is 23.9 Å². The molecule has 0 aliphatic carbocycles. The van der Waals surface area contributed by atoms with Crippen molar-refractivity contribution in [3.63, 3.8) is 0 Å². The summed E-state index contributed by atoms with van der Waals surface area (Å²) in [6, 6.07) is 5.91. The van der Waals surface area contributed by atoms with Gasteiger partial charge in [-0.05, 0) is 30.4 Å². The Labute approximate surface area is 112 Å². The molecule has 0 spiro atoms. The van der Waals surface area contributed by atoms with Gasteiger partial charge in [-0.25, -0.2) is 0 Å². The molecule has 1 rings (SSSR count). The molecule has 0 saturated carbocycles. The van der Waals surface area contributed by atoms with Gasteiger partial charge in [-0.15, -0.1) is 0 Å². The number of nitrogens with one attached hydrogen (secondary N) is 1. The van der Waals surface area contributed by atoms with Crippen LogP contribution >= 0.6 is 35.0 Å². The Hall–Kier alpha value is 0.110. The van der Waals surface area contributed by atoms with Crippen LogP contribution < -0.4 is 5.32 Å². The number of halogens is 2. The summed E-state index contributed by atoms with van der Waals surface area (Å²) in [6.07, 6.45) is 0. The maximum Gasteiger partial charge on any atom is 0.0468 e. The van der Waals surface area contributed by atoms with Crippen molar-refractivity contribution in [3.05, 3.63) is 33.8 Å². The Morgan fingerprint density at radius 1 is 1.38 bits per heavy atom. The number of thioether (sulfide) groups is 1. The maximum atomic E-state index is 6.13. The van der Waals surface area contributed by atoms with Gasteiger partial charge in [0.1, 0.15) is 0 Å². The zero-order chi connectivity index (χ0) is 12.0. The summed E-state index contributed by atoms with van der Waals surface area (Å²) in [5.41, 5.74) is 1.10. The van der Waals surface area contributed by atoms with Crippen molar-refractivity contribution in [1.29, 1.82) is 0 Å². The van der Waals surface area contributed by atoms with Gasteiger partial charge in [0.05, 0.1) is 0 Å². The van der Waals surface area contributed by atoms with Crippen LogP contribution in [0.5, 0.6) is 0 Å². The van der Waals surface area contributed by atoms with Crippen molar-refractivity contribution in [2.75, 3.05) is 18.1 Å². The lowest BCUT2D eigenvalue weighted by atomic mass is 10.1. The second-order valence-corrected chi connectivity index (χ2v) is 5.78. The predicted molar refractivity (Wildman–Crippen MR) is 75.9 cm³/mol. The molecule has 0 aliphatic rings. The van der Waals surface area contributed by atoms with E-state index >= 15 is 0 Å². The van der Waals surface area contributed by atoms with E-state index in [1.165, 1.54) is 0 Å². The largest absolute Gasteiger partial charge is 0.309 e. The van der Waals surface area contributed by atoms with E-state index in [2.05, 4.69) is 19.2 Å². The molecule has 16 heavy (non-hydrogen) atoms. The monoisotopic (exact) mass is 277 g/mol. The van der Waals surface area contributed by atoms with Crippen LogP contribution in [-0.4, -0.2) is 18.1 Å². The fourth-order valence-corrected chi connectivity index (χ4v) is 2.58. The van der Waals surface area contributed by atoms with E-state index < -0.39 is 0 Å². The predicted octanol–water partition coefficient (Wildman–Crippen LogP) is 4.40. The molecular weight excluding hydrogens is 261 g/mol. The standard InChI is InChI=1S/C12H17Cl2NS/c1-3-16-7-6-15-9(2)11-5-4-10(13)8-12(11)14/h4-5,8-9,15H,3,6-7H2,1-2H3. The Balaban J connectivity index is 2.49. The van der Waals surface area contributed by atoms with E-state index in [0.717, 1.165) is 28.6 Å². The van der Waals surface area contributed by atoms with Gasteiger partial charge in [-0.2, -0.15) is 11.8 Å². The molecule has 0 aromatic heterocycles. The molecule has 1 aromatic carbocycles. The van der Waals surface area contributed by atoms with Gasteiger partial charge >= 0.3 is 0 Å². The summed E-state index contributed by atoms with van der Waals surface area (Å²) in [7, 11) is 0. The number of hydrogen-bond donors (Lipinski definition) is 1. The van der Waals surface area contributed by atoms with E-state index in [0.29, 0.717) is 5.02 Å². The molecule has 90 valence electrons. The zero-order valence-corrected chi connectivity index (χ0v) is 11.9. The summed E-state index contributed by atoms with van der Waals surface area (Å²) in [6.45, 7) is 5.29. The van der Waals surface area contributed by atoms with Crippen molar-refractivity contribution in [2.24, 2.45) is 0 Å². The van der Waals surface area contributed by atoms with E-state index in [-0.39, 0.29) is 6.04 Å². The number of rotatable bonds is 6. The Bertz CT molecular complexity index is 331. The van der Waals surface area contributed by atoms with Gasteiger partial charge in [0, 0.05) is 28.4 Å². The first-order chi connectivity index (χ1) is 7.65. The molecule has 0 aliphatic heterocycles. The summed E-state index contributed by atoms with van der Waals surface area (Å²) < 4.78 is 0. The molecule has 1 N–H and O–H groups in total. The third-order valence-corrected chi connectivity index (χ3v) is 3.79. The summed E-state index contributed by atoms with van der Waals surface area (Å²) in [4.78, 5) is 0. The van der Waals surface area contributed by atoms with Crippen LogP contribution in [0.1, 0.15) is 25.5 Å². The highest BCUT2D eigenvalue weighted by Crippen LogP contribution is 2.25. The lowest BCUT2D eigenvalue weighted by molar-refractivity contribution is 0.601. The Morgan fingerprint density at radius 3 is 2.75 bits per heavy atom. The highest BCUT2D eigenvalue weighted by Gasteiger charge is 2.08. The Morgan fingerprint density at radius 2 is 2.12 bits per heavy atom. The quantitative estimate of drug-likeness (QED) is 0.774. The van der Waals surface area contributed by atoms with Crippen LogP contribution in [0.3, 0.4) is 0 Å². The van der Waals surface area contributed by atoms with Gasteiger partial charge in [0.15, 0.2) is 0 Å². The molecular formula is C12H17Cl2NS. The van der Waals surface area contributed by atoms with Gasteiger partial charge in [-0.1, -0.05) is 36.2 Å².